The number of aromatic nitrogens is 2. The fourth-order valence-corrected chi connectivity index (χ4v) is 4.93. The quantitative estimate of drug-likeness (QED) is 0.520. The summed E-state index contributed by atoms with van der Waals surface area (Å²) in [5.41, 5.74) is 9.37. The monoisotopic (exact) mass is 412 g/mol. The Morgan fingerprint density at radius 3 is 1.68 bits per heavy atom. The molecule has 2 aliphatic rings. The Balaban J connectivity index is 1.39. The number of H-pyrrole nitrogens is 2. The first-order valence-corrected chi connectivity index (χ1v) is 10.7. The predicted molar refractivity (Wildman–Crippen MR) is 125 cm³/mol. The third kappa shape index (κ3) is 2.86. The third-order valence-corrected chi connectivity index (χ3v) is 6.47. The number of fused-ring (bicyclic) bond motifs is 6. The molecule has 2 N–H and O–H groups in total. The van der Waals surface area contributed by atoms with E-state index in [0.717, 1.165) is 71.3 Å². The molecule has 6 nitrogen and oxygen atoms in total. The summed E-state index contributed by atoms with van der Waals surface area (Å²) in [5.74, 6) is 1.77. The first kappa shape index (κ1) is 18.2. The van der Waals surface area contributed by atoms with Crippen molar-refractivity contribution in [3.8, 4) is 11.5 Å². The maximum Gasteiger partial charge on any atom is 0.119 e. The number of hydrogen-bond donors (Lipinski definition) is 2. The van der Waals surface area contributed by atoms with Crippen molar-refractivity contribution in [3.63, 3.8) is 0 Å². The first-order chi connectivity index (χ1) is 15.2. The molecule has 0 bridgehead atoms. The lowest BCUT2D eigenvalue weighted by Crippen LogP contribution is -2.20. The van der Waals surface area contributed by atoms with E-state index in [4.69, 9.17) is 19.5 Å². The van der Waals surface area contributed by atoms with Crippen molar-refractivity contribution in [2.24, 2.45) is 9.98 Å². The zero-order chi connectivity index (χ0) is 20.9. The summed E-state index contributed by atoms with van der Waals surface area (Å²) in [4.78, 5) is 17.0. The largest absolute Gasteiger partial charge is 0.497 e. The zero-order valence-electron chi connectivity index (χ0n) is 17.7. The number of ether oxygens (including phenoxy) is 2. The van der Waals surface area contributed by atoms with E-state index in [9.17, 15) is 0 Å². The molecular weight excluding hydrogens is 388 g/mol. The molecule has 0 atom stereocenters. The Morgan fingerprint density at radius 1 is 0.742 bits per heavy atom. The van der Waals surface area contributed by atoms with Crippen LogP contribution in [0.3, 0.4) is 0 Å². The minimum atomic E-state index is 0.716. The predicted octanol–water partition coefficient (Wildman–Crippen LogP) is 4.45. The zero-order valence-corrected chi connectivity index (χ0v) is 17.7. The van der Waals surface area contributed by atoms with Gasteiger partial charge in [-0.2, -0.15) is 0 Å². The normalized spacial score (nSPS) is 15.4. The summed E-state index contributed by atoms with van der Waals surface area (Å²) in [7, 11) is 3.42. The highest BCUT2D eigenvalue weighted by atomic mass is 16.5. The number of benzene rings is 2. The van der Waals surface area contributed by atoms with Gasteiger partial charge in [-0.25, -0.2) is 0 Å². The van der Waals surface area contributed by atoms with Crippen LogP contribution in [0.5, 0.6) is 11.5 Å². The van der Waals surface area contributed by atoms with E-state index < -0.39 is 0 Å². The number of nitrogens with zero attached hydrogens (tertiary/aromatic N) is 2. The highest BCUT2D eigenvalue weighted by Crippen LogP contribution is 2.33. The van der Waals surface area contributed by atoms with Gasteiger partial charge in [-0.15, -0.1) is 0 Å². The molecule has 156 valence electrons. The van der Waals surface area contributed by atoms with E-state index in [1.807, 2.05) is 12.1 Å². The van der Waals surface area contributed by atoms with Crippen molar-refractivity contribution in [2.45, 2.75) is 19.3 Å². The Hall–Kier alpha value is -3.54. The van der Waals surface area contributed by atoms with Crippen LogP contribution in [0, 0.1) is 0 Å². The molecule has 6 heteroatoms. The van der Waals surface area contributed by atoms with Gasteiger partial charge in [0.2, 0.25) is 0 Å². The van der Waals surface area contributed by atoms with Gasteiger partial charge < -0.3 is 19.4 Å². The van der Waals surface area contributed by atoms with Crippen LogP contribution in [-0.2, 0) is 12.8 Å². The van der Waals surface area contributed by atoms with Gasteiger partial charge in [-0.1, -0.05) is 0 Å². The van der Waals surface area contributed by atoms with E-state index >= 15 is 0 Å². The van der Waals surface area contributed by atoms with Crippen molar-refractivity contribution in [1.29, 1.82) is 0 Å². The van der Waals surface area contributed by atoms with Crippen LogP contribution in [0.2, 0.25) is 0 Å². The standard InChI is InChI=1S/C25H24N4O2/c1-30-14-3-5-20-18(11-14)16-7-9-26-22(24(16)28-20)13-23-25-17(8-10-27-23)19-12-15(31-2)4-6-21(19)29-25/h3-6,11-12,28-29H,7-10,13H2,1-2H3. The average Bonchev–Trinajstić information content (AvgIpc) is 3.37. The summed E-state index contributed by atoms with van der Waals surface area (Å²) in [5, 5.41) is 2.46. The average molecular weight is 412 g/mol. The maximum atomic E-state index is 5.44. The van der Waals surface area contributed by atoms with Gasteiger partial charge in [-0.05, 0) is 60.4 Å². The van der Waals surface area contributed by atoms with Gasteiger partial charge in [0.05, 0.1) is 37.0 Å². The molecule has 4 aromatic rings. The van der Waals surface area contributed by atoms with Gasteiger partial charge in [-0.3, -0.25) is 9.98 Å². The van der Waals surface area contributed by atoms with E-state index in [1.165, 1.54) is 21.9 Å². The summed E-state index contributed by atoms with van der Waals surface area (Å²) in [6, 6.07) is 12.4. The number of rotatable bonds is 4. The number of aromatic amines is 2. The number of methoxy groups -OCH3 is 2. The van der Waals surface area contributed by atoms with Gasteiger partial charge in [0, 0.05) is 41.3 Å². The van der Waals surface area contributed by atoms with Crippen LogP contribution >= 0.6 is 0 Å². The van der Waals surface area contributed by atoms with E-state index in [0.29, 0.717) is 6.42 Å². The second-order valence-corrected chi connectivity index (χ2v) is 8.11. The molecule has 0 saturated carbocycles. The molecule has 0 spiro atoms. The van der Waals surface area contributed by atoms with E-state index in [-0.39, 0.29) is 0 Å². The molecule has 0 fully saturated rings. The molecule has 6 rings (SSSR count). The Bertz CT molecular complexity index is 1280. The highest BCUT2D eigenvalue weighted by molar-refractivity contribution is 6.20. The van der Waals surface area contributed by atoms with Crippen LogP contribution in [0.1, 0.15) is 28.9 Å². The minimum absolute atomic E-state index is 0.716. The van der Waals surface area contributed by atoms with Crippen molar-refractivity contribution in [2.75, 3.05) is 27.3 Å². The van der Waals surface area contributed by atoms with Crippen LogP contribution in [-0.4, -0.2) is 48.7 Å². The smallest absolute Gasteiger partial charge is 0.119 e. The lowest BCUT2D eigenvalue weighted by Gasteiger charge is -2.17. The second-order valence-electron chi connectivity index (χ2n) is 8.11. The molecule has 2 aromatic heterocycles. The van der Waals surface area contributed by atoms with Crippen molar-refractivity contribution < 1.29 is 9.47 Å². The molecule has 2 aromatic carbocycles. The number of aliphatic imine (C=N–C) groups is 2. The van der Waals surface area contributed by atoms with Gasteiger partial charge >= 0.3 is 0 Å². The molecule has 0 saturated heterocycles. The number of hydrogen-bond acceptors (Lipinski definition) is 4. The molecule has 0 aliphatic carbocycles. The lowest BCUT2D eigenvalue weighted by atomic mass is 9.95. The fraction of sp³-hybridized carbons (Fsp3) is 0.280. The van der Waals surface area contributed by atoms with Crippen LogP contribution in [0.25, 0.3) is 21.8 Å². The Morgan fingerprint density at radius 2 is 1.23 bits per heavy atom. The molecular formula is C25H24N4O2. The van der Waals surface area contributed by atoms with Crippen LogP contribution in [0.4, 0.5) is 0 Å². The van der Waals surface area contributed by atoms with Crippen LogP contribution in [0.15, 0.2) is 46.4 Å². The Kier molecular flexibility index (Phi) is 4.13. The molecule has 0 radical (unpaired) electrons. The molecule has 0 unspecified atom stereocenters. The highest BCUT2D eigenvalue weighted by Gasteiger charge is 2.25. The molecule has 31 heavy (non-hydrogen) atoms. The molecule has 4 heterocycles. The topological polar surface area (TPSA) is 74.8 Å². The van der Waals surface area contributed by atoms with Crippen molar-refractivity contribution in [3.05, 3.63) is 58.9 Å². The summed E-state index contributed by atoms with van der Waals surface area (Å²) in [6.45, 7) is 1.60. The van der Waals surface area contributed by atoms with Crippen molar-refractivity contribution in [1.82, 2.24) is 9.97 Å². The van der Waals surface area contributed by atoms with E-state index in [1.54, 1.807) is 14.2 Å². The van der Waals surface area contributed by atoms with Crippen molar-refractivity contribution >= 4 is 33.2 Å². The number of nitrogens with one attached hydrogen (secondary N) is 2. The van der Waals surface area contributed by atoms with Gasteiger partial charge in [0.25, 0.3) is 0 Å². The second kappa shape index (κ2) is 7.01. The minimum Gasteiger partial charge on any atom is -0.497 e. The SMILES string of the molecule is COc1ccc2[nH]c3c(c2c1)CCN=C3CC1=NCCc2c1[nH]c1ccc(OC)cc21. The lowest BCUT2D eigenvalue weighted by molar-refractivity contribution is 0.415. The third-order valence-electron chi connectivity index (χ3n) is 6.47. The summed E-state index contributed by atoms with van der Waals surface area (Å²) < 4.78 is 10.9. The van der Waals surface area contributed by atoms with Crippen LogP contribution < -0.4 is 9.47 Å². The van der Waals surface area contributed by atoms with E-state index in [2.05, 4.69) is 34.2 Å². The summed E-state index contributed by atoms with van der Waals surface area (Å²) in [6.07, 6.45) is 2.60. The Labute approximate surface area is 180 Å². The summed E-state index contributed by atoms with van der Waals surface area (Å²) >= 11 is 0. The first-order valence-electron chi connectivity index (χ1n) is 10.7. The van der Waals surface area contributed by atoms with Gasteiger partial charge in [0.15, 0.2) is 0 Å². The fourth-order valence-electron chi connectivity index (χ4n) is 4.93. The molecule has 2 aliphatic heterocycles. The van der Waals surface area contributed by atoms with Gasteiger partial charge in [0.1, 0.15) is 11.5 Å². The molecule has 0 amide bonds. The maximum absolute atomic E-state index is 5.44.